The van der Waals surface area contributed by atoms with Crippen molar-refractivity contribution in [3.63, 3.8) is 0 Å². The van der Waals surface area contributed by atoms with Gasteiger partial charge in [-0.25, -0.2) is 0 Å². The van der Waals surface area contributed by atoms with Crippen LogP contribution >= 0.6 is 12.4 Å². The van der Waals surface area contributed by atoms with Crippen LogP contribution in [0.3, 0.4) is 0 Å². The summed E-state index contributed by atoms with van der Waals surface area (Å²) in [5, 5.41) is 11.9. The van der Waals surface area contributed by atoms with Crippen LogP contribution < -0.4 is 11.1 Å². The Balaban J connectivity index is 0.00000576. The molecule has 0 heterocycles. The minimum atomic E-state index is -0.962. The third kappa shape index (κ3) is 7.04. The van der Waals surface area contributed by atoms with Gasteiger partial charge in [0.05, 0.1) is 19.0 Å². The second-order valence-corrected chi connectivity index (χ2v) is 8.27. The molecule has 1 atom stereocenters. The van der Waals surface area contributed by atoms with Crippen molar-refractivity contribution in [1.82, 2.24) is 5.32 Å². The largest absolute Gasteiger partial charge is 0.481 e. The summed E-state index contributed by atoms with van der Waals surface area (Å²) < 4.78 is 0. The average Bonchev–Trinajstić information content (AvgIpc) is 2.43. The molecule has 0 bridgehead atoms. The maximum absolute atomic E-state index is 11.7. The zero-order valence-electron chi connectivity index (χ0n) is 16.0. The maximum Gasteiger partial charge on any atom is 0.305 e. The zero-order valence-corrected chi connectivity index (χ0v) is 16.8. The molecule has 0 saturated carbocycles. The first-order valence-electron chi connectivity index (χ1n) is 8.21. The third-order valence-corrected chi connectivity index (χ3v) is 3.99. The number of carbonyl (C=O) groups excluding carboxylic acids is 1. The van der Waals surface area contributed by atoms with Crippen LogP contribution in [0.2, 0.25) is 0 Å². The van der Waals surface area contributed by atoms with Crippen molar-refractivity contribution in [3.8, 4) is 0 Å². The van der Waals surface area contributed by atoms with Gasteiger partial charge in [0.2, 0.25) is 5.91 Å². The van der Waals surface area contributed by atoms with Crippen LogP contribution in [-0.2, 0) is 20.4 Å². The van der Waals surface area contributed by atoms with E-state index in [1.165, 1.54) is 0 Å². The van der Waals surface area contributed by atoms with Gasteiger partial charge < -0.3 is 16.2 Å². The number of nitrogens with one attached hydrogen (secondary N) is 1. The number of halogens is 1. The van der Waals surface area contributed by atoms with Crippen molar-refractivity contribution in [2.45, 2.75) is 64.8 Å². The lowest BCUT2D eigenvalue weighted by atomic mass is 9.78. The fourth-order valence-electron chi connectivity index (χ4n) is 2.40. The Hall–Kier alpha value is -1.59. The van der Waals surface area contributed by atoms with Gasteiger partial charge in [-0.1, -0.05) is 59.7 Å². The van der Waals surface area contributed by atoms with Gasteiger partial charge in [0.25, 0.3) is 0 Å². The summed E-state index contributed by atoms with van der Waals surface area (Å²) in [6.45, 7) is 12.5. The van der Waals surface area contributed by atoms with Gasteiger partial charge in [-0.15, -0.1) is 12.4 Å². The van der Waals surface area contributed by atoms with Crippen LogP contribution in [0.5, 0.6) is 0 Å². The van der Waals surface area contributed by atoms with E-state index in [1.54, 1.807) is 0 Å². The van der Waals surface area contributed by atoms with E-state index in [0.717, 1.165) is 16.7 Å². The van der Waals surface area contributed by atoms with Crippen molar-refractivity contribution in [2.75, 3.05) is 6.54 Å². The molecule has 0 fully saturated rings. The lowest BCUT2D eigenvalue weighted by Gasteiger charge is -2.28. The van der Waals surface area contributed by atoms with E-state index in [2.05, 4.69) is 52.9 Å². The predicted octanol–water partition coefficient (Wildman–Crippen LogP) is 3.29. The quantitative estimate of drug-likeness (QED) is 0.741. The molecule has 6 heteroatoms. The topological polar surface area (TPSA) is 92.4 Å². The van der Waals surface area contributed by atoms with Crippen LogP contribution in [0, 0.1) is 0 Å². The van der Waals surface area contributed by atoms with Crippen molar-refractivity contribution in [3.05, 3.63) is 34.9 Å². The zero-order chi connectivity index (χ0) is 18.7. The minimum absolute atomic E-state index is 0. The number of aliphatic carboxylic acids is 1. The van der Waals surface area contributed by atoms with Gasteiger partial charge in [0, 0.05) is 0 Å². The lowest BCUT2D eigenvalue weighted by molar-refractivity contribution is -0.137. The molecule has 1 amide bonds. The Morgan fingerprint density at radius 1 is 1.04 bits per heavy atom. The number of carboxylic acid groups (broad SMARTS) is 1. The van der Waals surface area contributed by atoms with Crippen LogP contribution in [-0.4, -0.2) is 23.5 Å². The monoisotopic (exact) mass is 370 g/mol. The fourth-order valence-corrected chi connectivity index (χ4v) is 2.40. The second kappa shape index (κ2) is 8.68. The SMILES string of the molecule is CC(C)(C)c1cc(C(CC(=O)O)NC(=O)CN)cc(C(C)(C)C)c1.Cl. The summed E-state index contributed by atoms with van der Waals surface area (Å²) in [5.74, 6) is -1.32. The Morgan fingerprint density at radius 3 is 1.80 bits per heavy atom. The van der Waals surface area contributed by atoms with E-state index in [4.69, 9.17) is 5.73 Å². The number of nitrogens with two attached hydrogens (primary N) is 1. The maximum atomic E-state index is 11.7. The minimum Gasteiger partial charge on any atom is -0.481 e. The molecule has 0 aromatic heterocycles. The Bertz CT molecular complexity index is 584. The molecule has 0 aliphatic rings. The van der Waals surface area contributed by atoms with Crippen LogP contribution in [0.4, 0.5) is 0 Å². The fraction of sp³-hybridized carbons (Fsp3) is 0.579. The van der Waals surface area contributed by atoms with E-state index in [1.807, 2.05) is 12.1 Å². The smallest absolute Gasteiger partial charge is 0.305 e. The molecule has 5 nitrogen and oxygen atoms in total. The molecular weight excluding hydrogens is 340 g/mol. The molecule has 142 valence electrons. The summed E-state index contributed by atoms with van der Waals surface area (Å²) in [6.07, 6.45) is -0.178. The summed E-state index contributed by atoms with van der Waals surface area (Å²) in [5.41, 5.74) is 8.23. The van der Waals surface area contributed by atoms with Gasteiger partial charge in [0.15, 0.2) is 0 Å². The molecule has 1 rings (SSSR count). The third-order valence-electron chi connectivity index (χ3n) is 3.99. The van der Waals surface area contributed by atoms with Gasteiger partial charge >= 0.3 is 5.97 Å². The van der Waals surface area contributed by atoms with Gasteiger partial charge in [-0.05, 0) is 27.5 Å². The first-order chi connectivity index (χ1) is 10.8. The number of carboxylic acids is 1. The van der Waals surface area contributed by atoms with E-state index >= 15 is 0 Å². The Labute approximate surface area is 156 Å². The van der Waals surface area contributed by atoms with E-state index < -0.39 is 12.0 Å². The molecule has 0 spiro atoms. The number of hydrogen-bond acceptors (Lipinski definition) is 3. The molecular formula is C19H31ClN2O3. The highest BCUT2D eigenvalue weighted by Crippen LogP contribution is 2.32. The highest BCUT2D eigenvalue weighted by atomic mass is 35.5. The highest BCUT2D eigenvalue weighted by molar-refractivity contribution is 5.85. The first kappa shape index (κ1) is 23.4. The molecule has 0 aliphatic carbocycles. The number of carbonyl (C=O) groups is 2. The summed E-state index contributed by atoms with van der Waals surface area (Å²) in [7, 11) is 0. The first-order valence-corrected chi connectivity index (χ1v) is 8.21. The second-order valence-electron chi connectivity index (χ2n) is 8.27. The molecule has 25 heavy (non-hydrogen) atoms. The van der Waals surface area contributed by atoms with Crippen LogP contribution in [0.25, 0.3) is 0 Å². The number of amides is 1. The lowest BCUT2D eigenvalue weighted by Crippen LogP contribution is -2.35. The number of hydrogen-bond donors (Lipinski definition) is 3. The van der Waals surface area contributed by atoms with Crippen LogP contribution in [0.1, 0.15) is 70.7 Å². The van der Waals surface area contributed by atoms with Gasteiger partial charge in [0.1, 0.15) is 0 Å². The Kier molecular flexibility index (Phi) is 8.12. The molecule has 4 N–H and O–H groups in total. The van der Waals surface area contributed by atoms with Gasteiger partial charge in [-0.2, -0.15) is 0 Å². The van der Waals surface area contributed by atoms with Crippen LogP contribution in [0.15, 0.2) is 18.2 Å². The van der Waals surface area contributed by atoms with E-state index in [-0.39, 0.29) is 42.1 Å². The standard InChI is InChI=1S/C19H30N2O3.ClH/c1-18(2,3)13-7-12(8-14(9-13)19(4,5)6)15(10-17(23)24)21-16(22)11-20;/h7-9,15H,10-11,20H2,1-6H3,(H,21,22)(H,23,24);1H. The van der Waals surface area contributed by atoms with Crippen molar-refractivity contribution in [2.24, 2.45) is 5.73 Å². The molecule has 0 saturated heterocycles. The molecule has 1 aromatic carbocycles. The predicted molar refractivity (Wildman–Crippen MR) is 103 cm³/mol. The van der Waals surface area contributed by atoms with Crippen molar-refractivity contribution in [1.29, 1.82) is 0 Å². The molecule has 0 radical (unpaired) electrons. The van der Waals surface area contributed by atoms with Crippen molar-refractivity contribution >= 4 is 24.3 Å². The number of benzene rings is 1. The number of rotatable bonds is 5. The van der Waals surface area contributed by atoms with Crippen molar-refractivity contribution < 1.29 is 14.7 Å². The Morgan fingerprint density at radius 2 is 1.48 bits per heavy atom. The average molecular weight is 371 g/mol. The molecule has 1 unspecified atom stereocenters. The molecule has 0 aliphatic heterocycles. The molecule has 1 aromatic rings. The van der Waals surface area contributed by atoms with E-state index in [9.17, 15) is 14.7 Å². The van der Waals surface area contributed by atoms with Gasteiger partial charge in [-0.3, -0.25) is 9.59 Å². The summed E-state index contributed by atoms with van der Waals surface area (Å²) in [4.78, 5) is 22.9. The van der Waals surface area contributed by atoms with E-state index in [0.29, 0.717) is 0 Å². The highest BCUT2D eigenvalue weighted by Gasteiger charge is 2.24. The summed E-state index contributed by atoms with van der Waals surface area (Å²) in [6, 6.07) is 5.53. The normalized spacial score (nSPS) is 12.9. The summed E-state index contributed by atoms with van der Waals surface area (Å²) >= 11 is 0.